The van der Waals surface area contributed by atoms with Crippen molar-refractivity contribution in [2.75, 3.05) is 37.3 Å². The lowest BCUT2D eigenvalue weighted by atomic mass is 10.1. The van der Waals surface area contributed by atoms with Crippen LogP contribution in [0.3, 0.4) is 0 Å². The van der Waals surface area contributed by atoms with Crippen LogP contribution < -0.4 is 4.90 Å². The third kappa shape index (κ3) is 5.14. The Morgan fingerprint density at radius 2 is 1.74 bits per heavy atom. The number of carbonyl (C=O) groups is 1. The molecule has 0 aliphatic carbocycles. The number of fused-ring (bicyclic) bond motifs is 1. The molecule has 0 bridgehead atoms. The van der Waals surface area contributed by atoms with E-state index in [9.17, 15) is 13.2 Å². The molecule has 0 aliphatic rings. The number of thiazole rings is 1. The Morgan fingerprint density at radius 1 is 1.06 bits per heavy atom. The molecule has 31 heavy (non-hydrogen) atoms. The molecule has 2 aromatic carbocycles. The number of aromatic nitrogens is 1. The Balaban J connectivity index is 2.10. The summed E-state index contributed by atoms with van der Waals surface area (Å²) in [6.07, 6.45) is 1.13. The molecule has 0 radical (unpaired) electrons. The van der Waals surface area contributed by atoms with Crippen molar-refractivity contribution in [1.29, 1.82) is 0 Å². The number of hydrogen-bond acceptors (Lipinski definition) is 6. The summed E-state index contributed by atoms with van der Waals surface area (Å²) in [4.78, 5) is 22.3. The van der Waals surface area contributed by atoms with Crippen LogP contribution in [0.15, 0.2) is 41.3 Å². The summed E-state index contributed by atoms with van der Waals surface area (Å²) in [5.41, 5.74) is 3.27. The van der Waals surface area contributed by atoms with Gasteiger partial charge in [-0.3, -0.25) is 9.69 Å². The van der Waals surface area contributed by atoms with Gasteiger partial charge in [0.05, 0.1) is 20.7 Å². The fraction of sp³-hybridized carbons (Fsp3) is 0.391. The number of hydrogen-bond donors (Lipinski definition) is 0. The molecule has 6 nitrogen and oxygen atoms in total. The molecule has 0 aliphatic heterocycles. The lowest BCUT2D eigenvalue weighted by Crippen LogP contribution is -2.39. The number of sulfone groups is 1. The van der Waals surface area contributed by atoms with Crippen LogP contribution in [-0.4, -0.2) is 56.6 Å². The monoisotopic (exact) mass is 459 g/mol. The van der Waals surface area contributed by atoms with Gasteiger partial charge in [0.25, 0.3) is 5.91 Å². The second-order valence-corrected chi connectivity index (χ2v) is 10.6. The zero-order valence-corrected chi connectivity index (χ0v) is 20.3. The first kappa shape index (κ1) is 23.4. The predicted octanol–water partition coefficient (Wildman–Crippen LogP) is 4.31. The average molecular weight is 460 g/mol. The van der Waals surface area contributed by atoms with Crippen molar-refractivity contribution in [3.05, 3.63) is 53.1 Å². The van der Waals surface area contributed by atoms with Crippen molar-refractivity contribution in [2.45, 2.75) is 32.6 Å². The Morgan fingerprint density at radius 3 is 2.39 bits per heavy atom. The molecule has 0 saturated heterocycles. The van der Waals surface area contributed by atoms with Crippen molar-refractivity contribution < 1.29 is 13.2 Å². The van der Waals surface area contributed by atoms with Crippen LogP contribution in [0.2, 0.25) is 0 Å². The zero-order valence-electron chi connectivity index (χ0n) is 18.7. The topological polar surface area (TPSA) is 70.6 Å². The summed E-state index contributed by atoms with van der Waals surface area (Å²) in [5.74, 6) is -0.346. The summed E-state index contributed by atoms with van der Waals surface area (Å²) < 4.78 is 25.7. The zero-order chi connectivity index (χ0) is 22.8. The largest absolute Gasteiger partial charge is 0.302 e. The van der Waals surface area contributed by atoms with E-state index in [0.717, 1.165) is 40.7 Å². The molecule has 1 amide bonds. The molecular formula is C23H29N3O3S2. The first-order valence-corrected chi connectivity index (χ1v) is 13.1. The number of nitrogens with zero attached hydrogens (tertiary/aromatic N) is 3. The molecule has 3 aromatic rings. The van der Waals surface area contributed by atoms with Gasteiger partial charge in [-0.2, -0.15) is 0 Å². The summed E-state index contributed by atoms with van der Waals surface area (Å²) in [6, 6.07) is 10.5. The Kier molecular flexibility index (Phi) is 7.13. The van der Waals surface area contributed by atoms with E-state index in [1.807, 2.05) is 19.9 Å². The van der Waals surface area contributed by atoms with Crippen LogP contribution in [0.5, 0.6) is 0 Å². The van der Waals surface area contributed by atoms with Gasteiger partial charge in [0, 0.05) is 19.3 Å². The van der Waals surface area contributed by atoms with Gasteiger partial charge in [0.15, 0.2) is 15.0 Å². The van der Waals surface area contributed by atoms with E-state index in [4.69, 9.17) is 4.98 Å². The highest BCUT2D eigenvalue weighted by Gasteiger charge is 2.26. The minimum atomic E-state index is -3.55. The maximum Gasteiger partial charge on any atom is 0.261 e. The molecule has 1 heterocycles. The van der Waals surface area contributed by atoms with Gasteiger partial charge in [-0.1, -0.05) is 43.4 Å². The Labute approximate surface area is 188 Å². The highest BCUT2D eigenvalue weighted by atomic mass is 32.2. The average Bonchev–Trinajstić information content (AvgIpc) is 3.14. The third-order valence-corrected chi connectivity index (χ3v) is 7.72. The number of rotatable bonds is 8. The number of amides is 1. The van der Waals surface area contributed by atoms with Gasteiger partial charge >= 0.3 is 0 Å². The maximum atomic E-state index is 13.6. The number of aryl methyl sites for hydroxylation is 2. The first-order valence-electron chi connectivity index (χ1n) is 10.4. The van der Waals surface area contributed by atoms with Crippen LogP contribution in [-0.2, 0) is 9.84 Å². The maximum absolute atomic E-state index is 13.6. The summed E-state index contributed by atoms with van der Waals surface area (Å²) >= 11 is 1.47. The standard InChI is InChI=1S/C23H29N3O3S2/c1-6-25(7-2)12-13-26(22(27)18-10-8-9-11-20(18)31(5,28)29)23-24-19-15-16(3)14-17(4)21(19)30-23/h8-11,14-15H,6-7,12-13H2,1-5H3. The Hall–Kier alpha value is -2.29. The highest BCUT2D eigenvalue weighted by Crippen LogP contribution is 2.33. The lowest BCUT2D eigenvalue weighted by molar-refractivity contribution is 0.0980. The fourth-order valence-corrected chi connectivity index (χ4v) is 5.58. The van der Waals surface area contributed by atoms with Crippen molar-refractivity contribution >= 4 is 42.4 Å². The summed E-state index contributed by atoms with van der Waals surface area (Å²) in [6.45, 7) is 11.1. The minimum absolute atomic E-state index is 0.0426. The van der Waals surface area contributed by atoms with E-state index in [1.54, 1.807) is 23.1 Å². The van der Waals surface area contributed by atoms with Crippen LogP contribution >= 0.6 is 11.3 Å². The van der Waals surface area contributed by atoms with Crippen molar-refractivity contribution in [3.8, 4) is 0 Å². The molecule has 0 unspecified atom stereocenters. The highest BCUT2D eigenvalue weighted by molar-refractivity contribution is 7.90. The molecule has 0 spiro atoms. The molecule has 1 aromatic heterocycles. The van der Waals surface area contributed by atoms with Gasteiger partial charge in [-0.15, -0.1) is 0 Å². The third-order valence-electron chi connectivity index (χ3n) is 5.34. The number of likely N-dealkylation sites (N-methyl/N-ethyl adjacent to an activating group) is 1. The molecule has 3 rings (SSSR count). The van der Waals surface area contributed by atoms with E-state index in [0.29, 0.717) is 18.2 Å². The summed E-state index contributed by atoms with van der Waals surface area (Å²) in [5, 5.41) is 0.587. The first-order chi connectivity index (χ1) is 14.7. The molecule has 166 valence electrons. The van der Waals surface area contributed by atoms with Gasteiger partial charge in [-0.05, 0) is 56.3 Å². The van der Waals surface area contributed by atoms with E-state index in [2.05, 4.69) is 24.8 Å². The molecule has 0 fully saturated rings. The minimum Gasteiger partial charge on any atom is -0.302 e. The van der Waals surface area contributed by atoms with Gasteiger partial charge in [0.2, 0.25) is 0 Å². The normalized spacial score (nSPS) is 11.9. The SMILES string of the molecule is CCN(CC)CCN(C(=O)c1ccccc1S(C)(=O)=O)c1nc2cc(C)cc(C)c2s1. The molecule has 0 atom stereocenters. The lowest BCUT2D eigenvalue weighted by Gasteiger charge is -2.25. The van der Waals surface area contributed by atoms with Gasteiger partial charge in [0.1, 0.15) is 0 Å². The second-order valence-electron chi connectivity index (χ2n) is 7.68. The summed E-state index contributed by atoms with van der Waals surface area (Å²) in [7, 11) is -3.55. The molecule has 0 saturated carbocycles. The van der Waals surface area contributed by atoms with Crippen LogP contribution in [0.25, 0.3) is 10.2 Å². The molecule has 8 heteroatoms. The van der Waals surface area contributed by atoms with Crippen LogP contribution in [0, 0.1) is 13.8 Å². The van der Waals surface area contributed by atoms with Crippen molar-refractivity contribution in [1.82, 2.24) is 9.88 Å². The smallest absolute Gasteiger partial charge is 0.261 e. The predicted molar refractivity (Wildman–Crippen MR) is 128 cm³/mol. The van der Waals surface area contributed by atoms with E-state index in [-0.39, 0.29) is 16.4 Å². The Bertz CT molecular complexity index is 1200. The van der Waals surface area contributed by atoms with Crippen molar-refractivity contribution in [3.63, 3.8) is 0 Å². The van der Waals surface area contributed by atoms with E-state index < -0.39 is 9.84 Å². The molecular weight excluding hydrogens is 430 g/mol. The number of anilines is 1. The second kappa shape index (κ2) is 9.46. The van der Waals surface area contributed by atoms with Gasteiger partial charge in [-0.25, -0.2) is 13.4 Å². The van der Waals surface area contributed by atoms with Gasteiger partial charge < -0.3 is 4.90 Å². The molecule has 0 N–H and O–H groups in total. The quantitative estimate of drug-likeness (QED) is 0.502. The fourth-order valence-electron chi connectivity index (χ4n) is 3.66. The van der Waals surface area contributed by atoms with Crippen molar-refractivity contribution in [2.24, 2.45) is 0 Å². The van der Waals surface area contributed by atoms with E-state index in [1.165, 1.54) is 17.4 Å². The van der Waals surface area contributed by atoms with Crippen LogP contribution in [0.1, 0.15) is 35.3 Å². The number of benzene rings is 2. The van der Waals surface area contributed by atoms with E-state index >= 15 is 0 Å². The number of carbonyl (C=O) groups excluding carboxylic acids is 1. The van der Waals surface area contributed by atoms with Crippen LogP contribution in [0.4, 0.5) is 5.13 Å².